The van der Waals surface area contributed by atoms with Gasteiger partial charge in [-0.05, 0) is 42.0 Å². The number of hydrogen-bond donors (Lipinski definition) is 0. The van der Waals surface area contributed by atoms with Gasteiger partial charge in [-0.2, -0.15) is 0 Å². The predicted molar refractivity (Wildman–Crippen MR) is 114 cm³/mol. The molecule has 1 atom stereocenters. The molecule has 5 rings (SSSR count). The highest BCUT2D eigenvalue weighted by Gasteiger charge is 2.41. The van der Waals surface area contributed by atoms with Crippen LogP contribution in [0.15, 0.2) is 58.8 Å². The van der Waals surface area contributed by atoms with E-state index < -0.39 is 17.8 Å². The Labute approximate surface area is 184 Å². The van der Waals surface area contributed by atoms with Crippen LogP contribution < -0.4 is 0 Å². The number of piperidine rings is 1. The lowest BCUT2D eigenvalue weighted by molar-refractivity contribution is -0.186. The van der Waals surface area contributed by atoms with E-state index in [1.54, 1.807) is 53.5 Å². The van der Waals surface area contributed by atoms with Gasteiger partial charge in [0.2, 0.25) is 0 Å². The van der Waals surface area contributed by atoms with Gasteiger partial charge in [0.15, 0.2) is 17.7 Å². The van der Waals surface area contributed by atoms with Crippen molar-refractivity contribution in [1.29, 1.82) is 0 Å². The number of amides is 2. The number of nitrogens with zero attached hydrogens (tertiary/aromatic N) is 2. The highest BCUT2D eigenvalue weighted by Crippen LogP contribution is 2.32. The zero-order valence-corrected chi connectivity index (χ0v) is 17.5. The third-order valence-electron chi connectivity index (χ3n) is 5.78. The molecular weight excluding hydrogens is 420 g/mol. The number of fused-ring (bicyclic) bond motifs is 1. The number of halogens is 1. The molecule has 1 aliphatic carbocycles. The van der Waals surface area contributed by atoms with Crippen LogP contribution >= 0.6 is 11.6 Å². The molecule has 2 fully saturated rings. The normalized spacial score (nSPS) is 25.8. The molecule has 4 aliphatic rings. The van der Waals surface area contributed by atoms with Crippen molar-refractivity contribution in [1.82, 2.24) is 4.90 Å². The molecule has 1 spiro atoms. The Balaban J connectivity index is 1.29. The highest BCUT2D eigenvalue weighted by atomic mass is 35.5. The van der Waals surface area contributed by atoms with Gasteiger partial charge >= 0.3 is 5.91 Å². The van der Waals surface area contributed by atoms with Gasteiger partial charge < -0.3 is 19.1 Å². The quantitative estimate of drug-likeness (QED) is 0.661. The third kappa shape index (κ3) is 4.08. The molecule has 7 nitrogen and oxygen atoms in total. The fourth-order valence-electron chi connectivity index (χ4n) is 4.09. The molecular formula is C23H21ClN2O5. The fraction of sp³-hybridized carbons (Fsp3) is 0.348. The number of ether oxygens (including phenoxy) is 3. The molecule has 0 radical (unpaired) electrons. The smallest absolute Gasteiger partial charge is 0.312 e. The van der Waals surface area contributed by atoms with E-state index in [0.717, 1.165) is 5.56 Å². The number of carbonyl (C=O) groups excluding carboxylic acids is 2. The Hall–Kier alpha value is -2.74. The van der Waals surface area contributed by atoms with E-state index in [2.05, 4.69) is 4.99 Å². The van der Waals surface area contributed by atoms with Gasteiger partial charge in [0, 0.05) is 36.5 Å². The molecule has 0 bridgehead atoms. The summed E-state index contributed by atoms with van der Waals surface area (Å²) in [4.78, 5) is 31.4. The van der Waals surface area contributed by atoms with Gasteiger partial charge in [-0.1, -0.05) is 23.7 Å². The van der Waals surface area contributed by atoms with E-state index in [1.807, 2.05) is 0 Å². The number of carbonyl (C=O) groups is 2. The van der Waals surface area contributed by atoms with E-state index >= 15 is 0 Å². The monoisotopic (exact) mass is 440 g/mol. The highest BCUT2D eigenvalue weighted by molar-refractivity contribution is 6.30. The summed E-state index contributed by atoms with van der Waals surface area (Å²) in [6, 6.07) is 7.07. The first-order chi connectivity index (χ1) is 15.0. The van der Waals surface area contributed by atoms with Crippen molar-refractivity contribution in [2.45, 2.75) is 24.7 Å². The lowest BCUT2D eigenvalue weighted by Crippen LogP contribution is -2.47. The van der Waals surface area contributed by atoms with Crippen LogP contribution in [0.3, 0.4) is 0 Å². The zero-order chi connectivity index (χ0) is 21.4. The van der Waals surface area contributed by atoms with Crippen LogP contribution in [0.2, 0.25) is 5.02 Å². The van der Waals surface area contributed by atoms with E-state index in [1.165, 1.54) is 0 Å². The Morgan fingerprint density at radius 1 is 1.16 bits per heavy atom. The molecule has 0 saturated carbocycles. The van der Waals surface area contributed by atoms with Crippen molar-refractivity contribution < 1.29 is 23.8 Å². The maximum absolute atomic E-state index is 13.0. The van der Waals surface area contributed by atoms with Gasteiger partial charge in [-0.3, -0.25) is 9.59 Å². The molecule has 8 heteroatoms. The summed E-state index contributed by atoms with van der Waals surface area (Å²) in [5, 5.41) is 0.614. The van der Waals surface area contributed by atoms with Gasteiger partial charge in [0.25, 0.3) is 5.91 Å². The van der Waals surface area contributed by atoms with E-state index in [4.69, 9.17) is 25.8 Å². The molecule has 0 N–H and O–H groups in total. The van der Waals surface area contributed by atoms with Crippen LogP contribution in [0, 0.1) is 0 Å². The Morgan fingerprint density at radius 2 is 1.87 bits per heavy atom. The molecule has 0 aromatic heterocycles. The van der Waals surface area contributed by atoms with Gasteiger partial charge in [0.05, 0.1) is 18.9 Å². The molecule has 2 amide bonds. The number of rotatable bonds is 2. The second-order valence-electron chi connectivity index (χ2n) is 7.80. The van der Waals surface area contributed by atoms with Crippen molar-refractivity contribution in [3.8, 4) is 0 Å². The Morgan fingerprint density at radius 3 is 2.58 bits per heavy atom. The fourth-order valence-corrected chi connectivity index (χ4v) is 4.22. The van der Waals surface area contributed by atoms with Crippen LogP contribution in [0.1, 0.15) is 18.4 Å². The minimum absolute atomic E-state index is 0.0970. The van der Waals surface area contributed by atoms with Crippen LogP contribution in [0.25, 0.3) is 6.08 Å². The predicted octanol–water partition coefficient (Wildman–Crippen LogP) is 2.91. The first-order valence-corrected chi connectivity index (χ1v) is 10.6. The summed E-state index contributed by atoms with van der Waals surface area (Å²) in [7, 11) is 0. The Kier molecular flexibility index (Phi) is 5.25. The molecule has 3 heterocycles. The molecule has 31 heavy (non-hydrogen) atoms. The molecule has 1 unspecified atom stereocenters. The minimum atomic E-state index is -0.529. The average molecular weight is 441 g/mol. The molecule has 2 saturated heterocycles. The number of benzene rings is 1. The topological polar surface area (TPSA) is 77.4 Å². The SMILES string of the molecule is O=C1N=C2C=C(C(=O)N3CCC4(CC3)OCCO4)C=CC2O/C1=C\c1ccc(Cl)cc1. The third-order valence-corrected chi connectivity index (χ3v) is 6.03. The standard InChI is InChI=1S/C23H21ClN2O5/c24-17-4-1-15(2-5-17)13-20-21(27)25-18-14-16(3-6-19(18)31-20)22(28)26-9-7-23(8-10-26)29-11-12-30-23/h1-6,13-14,19H,7-12H2/b20-13-. The van der Waals surface area contributed by atoms with E-state index in [-0.39, 0.29) is 11.7 Å². The number of hydrogen-bond acceptors (Lipinski definition) is 5. The first-order valence-electron chi connectivity index (χ1n) is 10.3. The first kappa shape index (κ1) is 20.2. The van der Waals surface area contributed by atoms with Crippen molar-refractivity contribution in [2.75, 3.05) is 26.3 Å². The van der Waals surface area contributed by atoms with Crippen LogP contribution in [0.4, 0.5) is 0 Å². The minimum Gasteiger partial charge on any atom is -0.474 e. The van der Waals surface area contributed by atoms with Crippen molar-refractivity contribution in [3.05, 3.63) is 64.4 Å². The molecule has 3 aliphatic heterocycles. The van der Waals surface area contributed by atoms with E-state index in [0.29, 0.717) is 55.5 Å². The summed E-state index contributed by atoms with van der Waals surface area (Å²) in [6.45, 7) is 2.32. The maximum Gasteiger partial charge on any atom is 0.312 e. The molecule has 1 aromatic rings. The lowest BCUT2D eigenvalue weighted by atomic mass is 9.98. The lowest BCUT2D eigenvalue weighted by Gasteiger charge is -2.38. The zero-order valence-electron chi connectivity index (χ0n) is 16.8. The van der Waals surface area contributed by atoms with E-state index in [9.17, 15) is 9.59 Å². The second-order valence-corrected chi connectivity index (χ2v) is 8.24. The van der Waals surface area contributed by atoms with Gasteiger partial charge in [-0.25, -0.2) is 4.99 Å². The summed E-state index contributed by atoms with van der Waals surface area (Å²) in [5.41, 5.74) is 1.71. The second kappa shape index (κ2) is 8.07. The number of likely N-dealkylation sites (tertiary alicyclic amines) is 1. The molecule has 160 valence electrons. The number of aliphatic imine (C=N–C) groups is 1. The summed E-state index contributed by atoms with van der Waals surface area (Å²) >= 11 is 5.90. The molecule has 1 aromatic carbocycles. The van der Waals surface area contributed by atoms with Gasteiger partial charge in [-0.15, -0.1) is 0 Å². The summed E-state index contributed by atoms with van der Waals surface area (Å²) in [5.74, 6) is -0.948. The van der Waals surface area contributed by atoms with Crippen molar-refractivity contribution in [3.63, 3.8) is 0 Å². The van der Waals surface area contributed by atoms with Crippen molar-refractivity contribution in [2.24, 2.45) is 4.99 Å². The summed E-state index contributed by atoms with van der Waals surface area (Å²) < 4.78 is 17.3. The van der Waals surface area contributed by atoms with Crippen LogP contribution in [-0.4, -0.2) is 60.6 Å². The van der Waals surface area contributed by atoms with Crippen LogP contribution in [0.5, 0.6) is 0 Å². The average Bonchev–Trinajstić information content (AvgIpc) is 3.23. The summed E-state index contributed by atoms with van der Waals surface area (Å²) in [6.07, 6.45) is 7.56. The van der Waals surface area contributed by atoms with Crippen LogP contribution in [-0.2, 0) is 23.8 Å². The largest absolute Gasteiger partial charge is 0.474 e. The van der Waals surface area contributed by atoms with Crippen molar-refractivity contribution >= 4 is 35.2 Å². The van der Waals surface area contributed by atoms with Gasteiger partial charge in [0.1, 0.15) is 0 Å². The Bertz CT molecular complexity index is 1020. The maximum atomic E-state index is 13.0.